The number of carbonyl (C=O) groups is 3. The van der Waals surface area contributed by atoms with Crippen LogP contribution in [0.4, 0.5) is 0 Å². The first-order valence-corrected chi connectivity index (χ1v) is 4.54. The molecule has 86 valence electrons. The number of carbonyl (C=O) groups excluding carboxylic acids is 3. The van der Waals surface area contributed by atoms with E-state index in [-0.39, 0.29) is 18.7 Å². The first kappa shape index (κ1) is 13.4. The first-order valence-electron chi connectivity index (χ1n) is 4.54. The normalized spacial score (nSPS) is 11.8. The number of primary amides is 2. The molecule has 0 heterocycles. The molecule has 7 N–H and O–H groups in total. The standard InChI is InChI=1S/C8H16N4O3/c9-3-1-2-7(14)12-5(8(11)15)4-6(10)13/h5H,1-4,9H2,(H2,10,13)(H2,11,15)(H,12,14). The summed E-state index contributed by atoms with van der Waals surface area (Å²) in [6.45, 7) is 0.379. The molecule has 15 heavy (non-hydrogen) atoms. The van der Waals surface area contributed by atoms with Gasteiger partial charge in [0, 0.05) is 6.42 Å². The zero-order valence-electron chi connectivity index (χ0n) is 8.36. The van der Waals surface area contributed by atoms with E-state index >= 15 is 0 Å². The molecule has 0 spiro atoms. The molecule has 0 radical (unpaired) electrons. The van der Waals surface area contributed by atoms with Crippen LogP contribution in [0.5, 0.6) is 0 Å². The summed E-state index contributed by atoms with van der Waals surface area (Å²) in [7, 11) is 0. The lowest BCUT2D eigenvalue weighted by Gasteiger charge is -2.13. The van der Waals surface area contributed by atoms with Crippen LogP contribution < -0.4 is 22.5 Å². The summed E-state index contributed by atoms with van der Waals surface area (Å²) in [4.78, 5) is 32.5. The summed E-state index contributed by atoms with van der Waals surface area (Å²) in [5.41, 5.74) is 15.1. The summed E-state index contributed by atoms with van der Waals surface area (Å²) in [6, 6.07) is -1.03. The van der Waals surface area contributed by atoms with E-state index in [1.807, 2.05) is 0 Å². The van der Waals surface area contributed by atoms with Gasteiger partial charge in [0.1, 0.15) is 6.04 Å². The van der Waals surface area contributed by atoms with Gasteiger partial charge in [-0.3, -0.25) is 14.4 Å². The number of hydrogen-bond acceptors (Lipinski definition) is 4. The molecular weight excluding hydrogens is 200 g/mol. The molecule has 0 aromatic carbocycles. The van der Waals surface area contributed by atoms with Crippen LogP contribution in [0.3, 0.4) is 0 Å². The van der Waals surface area contributed by atoms with Crippen LogP contribution in [0, 0.1) is 0 Å². The smallest absolute Gasteiger partial charge is 0.240 e. The monoisotopic (exact) mass is 216 g/mol. The van der Waals surface area contributed by atoms with Crippen molar-refractivity contribution >= 4 is 17.7 Å². The zero-order valence-corrected chi connectivity index (χ0v) is 8.36. The average Bonchev–Trinajstić information content (AvgIpc) is 2.12. The molecule has 0 aliphatic heterocycles. The fourth-order valence-corrected chi connectivity index (χ4v) is 0.953. The molecule has 0 aliphatic carbocycles. The third-order valence-electron chi connectivity index (χ3n) is 1.69. The maximum atomic E-state index is 11.2. The zero-order chi connectivity index (χ0) is 11.8. The largest absolute Gasteiger partial charge is 0.370 e. The minimum Gasteiger partial charge on any atom is -0.370 e. The molecule has 7 heteroatoms. The second kappa shape index (κ2) is 6.77. The fourth-order valence-electron chi connectivity index (χ4n) is 0.953. The number of nitrogens with one attached hydrogen (secondary N) is 1. The molecule has 1 unspecified atom stereocenters. The molecule has 0 saturated heterocycles. The highest BCUT2D eigenvalue weighted by molar-refractivity contribution is 5.90. The van der Waals surface area contributed by atoms with Crippen molar-refractivity contribution in [3.63, 3.8) is 0 Å². The third kappa shape index (κ3) is 6.44. The van der Waals surface area contributed by atoms with Gasteiger partial charge in [0.2, 0.25) is 17.7 Å². The maximum Gasteiger partial charge on any atom is 0.240 e. The van der Waals surface area contributed by atoms with Gasteiger partial charge < -0.3 is 22.5 Å². The molecule has 0 fully saturated rings. The SMILES string of the molecule is NCCCC(=O)NC(CC(N)=O)C(N)=O. The van der Waals surface area contributed by atoms with Crippen LogP contribution in [0.2, 0.25) is 0 Å². The van der Waals surface area contributed by atoms with Gasteiger partial charge in [0.05, 0.1) is 6.42 Å². The number of nitrogens with two attached hydrogens (primary N) is 3. The van der Waals surface area contributed by atoms with E-state index < -0.39 is 17.9 Å². The molecular formula is C8H16N4O3. The van der Waals surface area contributed by atoms with Gasteiger partial charge in [-0.25, -0.2) is 0 Å². The lowest BCUT2D eigenvalue weighted by molar-refractivity contribution is -0.129. The summed E-state index contributed by atoms with van der Waals surface area (Å²) in [5, 5.41) is 2.31. The van der Waals surface area contributed by atoms with Crippen molar-refractivity contribution < 1.29 is 14.4 Å². The van der Waals surface area contributed by atoms with Crippen LogP contribution in [-0.4, -0.2) is 30.3 Å². The van der Waals surface area contributed by atoms with Crippen molar-refractivity contribution in [1.82, 2.24) is 5.32 Å². The van der Waals surface area contributed by atoms with Gasteiger partial charge in [0.15, 0.2) is 0 Å². The number of rotatable bonds is 7. The second-order valence-electron chi connectivity index (χ2n) is 3.09. The summed E-state index contributed by atoms with van der Waals surface area (Å²) in [5.74, 6) is -1.85. The molecule has 3 amide bonds. The Morgan fingerprint density at radius 2 is 1.80 bits per heavy atom. The second-order valence-corrected chi connectivity index (χ2v) is 3.09. The predicted octanol–water partition coefficient (Wildman–Crippen LogP) is -2.43. The summed E-state index contributed by atoms with van der Waals surface area (Å²) < 4.78 is 0. The van der Waals surface area contributed by atoms with Gasteiger partial charge in [-0.05, 0) is 13.0 Å². The highest BCUT2D eigenvalue weighted by atomic mass is 16.2. The van der Waals surface area contributed by atoms with Crippen LogP contribution in [-0.2, 0) is 14.4 Å². The van der Waals surface area contributed by atoms with Gasteiger partial charge in [0.25, 0.3) is 0 Å². The van der Waals surface area contributed by atoms with E-state index in [9.17, 15) is 14.4 Å². The quantitative estimate of drug-likeness (QED) is 0.375. The van der Waals surface area contributed by atoms with Gasteiger partial charge in [-0.15, -0.1) is 0 Å². The van der Waals surface area contributed by atoms with E-state index in [1.54, 1.807) is 0 Å². The first-order chi connectivity index (χ1) is 6.97. The van der Waals surface area contributed by atoms with Crippen LogP contribution in [0.15, 0.2) is 0 Å². The van der Waals surface area contributed by atoms with Crippen molar-refractivity contribution in [3.05, 3.63) is 0 Å². The Labute approximate surface area is 87.3 Å². The topological polar surface area (TPSA) is 141 Å². The van der Waals surface area contributed by atoms with E-state index in [1.165, 1.54) is 0 Å². The molecule has 0 aromatic rings. The molecule has 0 aromatic heterocycles. The number of amides is 3. The van der Waals surface area contributed by atoms with Crippen molar-refractivity contribution in [2.45, 2.75) is 25.3 Å². The van der Waals surface area contributed by atoms with Crippen molar-refractivity contribution in [3.8, 4) is 0 Å². The summed E-state index contributed by atoms with van der Waals surface area (Å²) in [6.07, 6.45) is 0.413. The fraction of sp³-hybridized carbons (Fsp3) is 0.625. The van der Waals surface area contributed by atoms with Crippen molar-refractivity contribution in [2.75, 3.05) is 6.54 Å². The van der Waals surface area contributed by atoms with Gasteiger partial charge >= 0.3 is 0 Å². The molecule has 1 atom stereocenters. The lowest BCUT2D eigenvalue weighted by Crippen LogP contribution is -2.46. The van der Waals surface area contributed by atoms with E-state index in [4.69, 9.17) is 17.2 Å². The average molecular weight is 216 g/mol. The van der Waals surface area contributed by atoms with E-state index in [0.29, 0.717) is 13.0 Å². The lowest BCUT2D eigenvalue weighted by atomic mass is 10.1. The van der Waals surface area contributed by atoms with Gasteiger partial charge in [-0.1, -0.05) is 0 Å². The molecule has 0 bridgehead atoms. The highest BCUT2D eigenvalue weighted by Crippen LogP contribution is 1.93. The van der Waals surface area contributed by atoms with E-state index in [0.717, 1.165) is 0 Å². The summed E-state index contributed by atoms with van der Waals surface area (Å²) >= 11 is 0. The predicted molar refractivity (Wildman–Crippen MR) is 53.2 cm³/mol. The molecule has 0 rings (SSSR count). The highest BCUT2D eigenvalue weighted by Gasteiger charge is 2.19. The Balaban J connectivity index is 4.10. The Bertz CT molecular complexity index is 254. The minimum atomic E-state index is -1.03. The maximum absolute atomic E-state index is 11.2. The Morgan fingerprint density at radius 1 is 1.20 bits per heavy atom. The van der Waals surface area contributed by atoms with Crippen LogP contribution in [0.1, 0.15) is 19.3 Å². The Hall–Kier alpha value is -1.63. The molecule has 0 aliphatic rings. The Morgan fingerprint density at radius 3 is 2.20 bits per heavy atom. The molecule has 7 nitrogen and oxygen atoms in total. The van der Waals surface area contributed by atoms with Crippen LogP contribution in [0.25, 0.3) is 0 Å². The van der Waals surface area contributed by atoms with Crippen molar-refractivity contribution in [1.29, 1.82) is 0 Å². The van der Waals surface area contributed by atoms with E-state index in [2.05, 4.69) is 5.32 Å². The van der Waals surface area contributed by atoms with Crippen molar-refractivity contribution in [2.24, 2.45) is 17.2 Å². The third-order valence-corrected chi connectivity index (χ3v) is 1.69. The number of hydrogen-bond donors (Lipinski definition) is 4. The van der Waals surface area contributed by atoms with Crippen LogP contribution >= 0.6 is 0 Å². The molecule has 0 saturated carbocycles. The van der Waals surface area contributed by atoms with Gasteiger partial charge in [-0.2, -0.15) is 0 Å². The Kier molecular flexibility index (Phi) is 6.03. The minimum absolute atomic E-state index is 0.193.